The van der Waals surface area contributed by atoms with Crippen LogP contribution in [-0.2, 0) is 9.53 Å². The molecule has 1 N–H and O–H groups in total. The number of aliphatic hydroxyl groups excluding tert-OH is 1. The summed E-state index contributed by atoms with van der Waals surface area (Å²) < 4.78 is 11.0. The first kappa shape index (κ1) is 22.3. The largest absolute Gasteiger partial charge is 0.497 e. The van der Waals surface area contributed by atoms with Gasteiger partial charge < -0.3 is 24.4 Å². The number of aliphatic hydroxyl groups is 1. The van der Waals surface area contributed by atoms with Crippen LogP contribution in [0.15, 0.2) is 54.6 Å². The van der Waals surface area contributed by atoms with Crippen LogP contribution in [-0.4, -0.2) is 72.8 Å². The molecule has 32 heavy (non-hydrogen) atoms. The van der Waals surface area contributed by atoms with Gasteiger partial charge in [0.15, 0.2) is 0 Å². The average Bonchev–Trinajstić information content (AvgIpc) is 2.88. The molecule has 170 valence electrons. The van der Waals surface area contributed by atoms with E-state index in [-0.39, 0.29) is 30.4 Å². The van der Waals surface area contributed by atoms with Crippen LogP contribution in [0.1, 0.15) is 34.8 Å². The third-order valence-electron chi connectivity index (χ3n) is 6.40. The lowest BCUT2D eigenvalue weighted by Gasteiger charge is -2.43. The molecule has 2 atom stereocenters. The second-order valence-corrected chi connectivity index (χ2v) is 8.28. The topological polar surface area (TPSA) is 79.3 Å². The van der Waals surface area contributed by atoms with Gasteiger partial charge in [-0.05, 0) is 36.6 Å². The Kier molecular flexibility index (Phi) is 7.07. The summed E-state index contributed by atoms with van der Waals surface area (Å²) in [7, 11) is 1.58. The van der Waals surface area contributed by atoms with E-state index in [1.807, 2.05) is 52.3 Å². The number of carbonyl (C=O) groups is 2. The maximum atomic E-state index is 13.5. The van der Waals surface area contributed by atoms with Gasteiger partial charge in [-0.15, -0.1) is 0 Å². The summed E-state index contributed by atoms with van der Waals surface area (Å²) in [5, 5.41) is 9.86. The van der Waals surface area contributed by atoms with Gasteiger partial charge in [-0.2, -0.15) is 0 Å². The van der Waals surface area contributed by atoms with Crippen LogP contribution in [0.4, 0.5) is 0 Å². The van der Waals surface area contributed by atoms with Gasteiger partial charge in [-0.3, -0.25) is 9.59 Å². The Morgan fingerprint density at radius 2 is 1.81 bits per heavy atom. The molecule has 7 nitrogen and oxygen atoms in total. The number of benzene rings is 2. The van der Waals surface area contributed by atoms with E-state index < -0.39 is 6.10 Å². The van der Waals surface area contributed by atoms with Gasteiger partial charge in [-0.1, -0.05) is 36.4 Å². The lowest BCUT2D eigenvalue weighted by atomic mass is 9.91. The summed E-state index contributed by atoms with van der Waals surface area (Å²) in [6.07, 6.45) is 0.804. The van der Waals surface area contributed by atoms with Gasteiger partial charge >= 0.3 is 0 Å². The minimum Gasteiger partial charge on any atom is -0.497 e. The molecule has 4 rings (SSSR count). The molecule has 0 saturated carbocycles. The highest BCUT2D eigenvalue weighted by Gasteiger charge is 2.39. The first-order valence-corrected chi connectivity index (χ1v) is 11.1. The third-order valence-corrected chi connectivity index (χ3v) is 6.40. The van der Waals surface area contributed by atoms with E-state index in [0.717, 1.165) is 5.56 Å². The number of carbonyl (C=O) groups excluding carboxylic acids is 2. The number of methoxy groups -OCH3 is 1. The predicted octanol–water partition coefficient (Wildman–Crippen LogP) is 2.51. The summed E-state index contributed by atoms with van der Waals surface area (Å²) >= 11 is 0. The number of rotatable bonds is 5. The van der Waals surface area contributed by atoms with E-state index in [1.54, 1.807) is 19.2 Å². The molecule has 2 fully saturated rings. The van der Waals surface area contributed by atoms with Crippen LogP contribution in [0.3, 0.4) is 0 Å². The molecule has 0 aliphatic carbocycles. The zero-order valence-electron chi connectivity index (χ0n) is 18.4. The summed E-state index contributed by atoms with van der Waals surface area (Å²) in [6, 6.07) is 16.6. The third kappa shape index (κ3) is 4.64. The standard InChI is InChI=1S/C25H30N2O5/c1-31-21-9-5-8-20(16-21)24(29)26-12-10-19(11-13-26)25(30)27-14-15-32-22(17-28)23(27)18-6-3-2-4-7-18/h2-9,16,19,22-23,28H,10-15,17H2,1H3/t22-,23-/m1/s1. The number of hydrogen-bond donors (Lipinski definition) is 1. The van der Waals surface area contributed by atoms with Gasteiger partial charge in [0.2, 0.25) is 5.91 Å². The molecule has 2 aliphatic rings. The molecule has 0 radical (unpaired) electrons. The van der Waals surface area contributed by atoms with Crippen LogP contribution in [0.5, 0.6) is 5.75 Å². The number of morpholine rings is 1. The highest BCUT2D eigenvalue weighted by Crippen LogP contribution is 2.33. The minimum atomic E-state index is -0.440. The first-order valence-electron chi connectivity index (χ1n) is 11.1. The molecule has 2 saturated heterocycles. The van der Waals surface area contributed by atoms with Crippen molar-refractivity contribution in [1.29, 1.82) is 0 Å². The van der Waals surface area contributed by atoms with Gasteiger partial charge in [0.25, 0.3) is 5.91 Å². The highest BCUT2D eigenvalue weighted by molar-refractivity contribution is 5.94. The van der Waals surface area contributed by atoms with Crippen molar-refractivity contribution in [3.63, 3.8) is 0 Å². The lowest BCUT2D eigenvalue weighted by Crippen LogP contribution is -2.52. The van der Waals surface area contributed by atoms with Crippen molar-refractivity contribution in [2.45, 2.75) is 25.0 Å². The van der Waals surface area contributed by atoms with Gasteiger partial charge in [0, 0.05) is 31.1 Å². The monoisotopic (exact) mass is 438 g/mol. The van der Waals surface area contributed by atoms with Crippen molar-refractivity contribution in [1.82, 2.24) is 9.80 Å². The Morgan fingerprint density at radius 3 is 2.50 bits per heavy atom. The second kappa shape index (κ2) is 10.1. The molecule has 2 amide bonds. The van der Waals surface area contributed by atoms with Gasteiger partial charge in [0.05, 0.1) is 26.4 Å². The predicted molar refractivity (Wildman–Crippen MR) is 119 cm³/mol. The zero-order valence-corrected chi connectivity index (χ0v) is 18.4. The number of likely N-dealkylation sites (tertiary alicyclic amines) is 1. The van der Waals surface area contributed by atoms with Crippen LogP contribution < -0.4 is 4.74 Å². The molecule has 2 aromatic rings. The normalized spacial score (nSPS) is 21.9. The van der Waals surface area contributed by atoms with E-state index in [4.69, 9.17) is 9.47 Å². The Balaban J connectivity index is 1.43. The van der Waals surface area contributed by atoms with Crippen LogP contribution in [0, 0.1) is 5.92 Å². The van der Waals surface area contributed by atoms with E-state index in [2.05, 4.69) is 0 Å². The lowest BCUT2D eigenvalue weighted by molar-refractivity contribution is -0.155. The quantitative estimate of drug-likeness (QED) is 0.776. The van der Waals surface area contributed by atoms with Crippen molar-refractivity contribution < 1.29 is 24.2 Å². The summed E-state index contributed by atoms with van der Waals surface area (Å²) in [5.74, 6) is 0.546. The van der Waals surface area contributed by atoms with E-state index >= 15 is 0 Å². The zero-order chi connectivity index (χ0) is 22.5. The number of ether oxygens (including phenoxy) is 2. The van der Waals surface area contributed by atoms with Crippen molar-refractivity contribution in [2.75, 3.05) is 40.0 Å². The second-order valence-electron chi connectivity index (χ2n) is 8.28. The van der Waals surface area contributed by atoms with E-state index in [1.165, 1.54) is 0 Å². The first-order chi connectivity index (χ1) is 15.6. The SMILES string of the molecule is COc1cccc(C(=O)N2CCC(C(=O)N3CCO[C@H](CO)[C@H]3c3ccccc3)CC2)c1. The van der Waals surface area contributed by atoms with Crippen LogP contribution in [0.25, 0.3) is 0 Å². The van der Waals surface area contributed by atoms with Crippen LogP contribution in [0.2, 0.25) is 0 Å². The fraction of sp³-hybridized carbons (Fsp3) is 0.440. The van der Waals surface area contributed by atoms with Gasteiger partial charge in [0.1, 0.15) is 11.9 Å². The molecule has 7 heteroatoms. The van der Waals surface area contributed by atoms with E-state index in [0.29, 0.717) is 50.4 Å². The Labute approximate surface area is 188 Å². The minimum absolute atomic E-state index is 0.0383. The molecule has 2 aliphatic heterocycles. The number of amides is 2. The van der Waals surface area contributed by atoms with Crippen molar-refractivity contribution in [2.24, 2.45) is 5.92 Å². The molecule has 0 unspecified atom stereocenters. The fourth-order valence-electron chi connectivity index (χ4n) is 4.68. The fourth-order valence-corrected chi connectivity index (χ4v) is 4.68. The van der Waals surface area contributed by atoms with Crippen molar-refractivity contribution >= 4 is 11.8 Å². The molecule has 0 bridgehead atoms. The Bertz CT molecular complexity index is 927. The number of piperidine rings is 1. The Morgan fingerprint density at radius 1 is 1.06 bits per heavy atom. The summed E-state index contributed by atoms with van der Waals surface area (Å²) in [4.78, 5) is 30.1. The summed E-state index contributed by atoms with van der Waals surface area (Å²) in [6.45, 7) is 1.84. The number of hydrogen-bond acceptors (Lipinski definition) is 5. The molecular formula is C25H30N2O5. The van der Waals surface area contributed by atoms with Crippen LogP contribution >= 0.6 is 0 Å². The van der Waals surface area contributed by atoms with Crippen molar-refractivity contribution in [3.8, 4) is 5.75 Å². The molecular weight excluding hydrogens is 408 g/mol. The van der Waals surface area contributed by atoms with Gasteiger partial charge in [-0.25, -0.2) is 0 Å². The number of nitrogens with zero attached hydrogens (tertiary/aromatic N) is 2. The van der Waals surface area contributed by atoms with E-state index in [9.17, 15) is 14.7 Å². The summed E-state index contributed by atoms with van der Waals surface area (Å²) in [5.41, 5.74) is 1.56. The highest BCUT2D eigenvalue weighted by atomic mass is 16.5. The Hall–Kier alpha value is -2.90. The maximum absolute atomic E-state index is 13.5. The maximum Gasteiger partial charge on any atom is 0.253 e. The average molecular weight is 439 g/mol. The molecule has 2 heterocycles. The molecule has 0 aromatic heterocycles. The molecule has 2 aromatic carbocycles. The van der Waals surface area contributed by atoms with Crippen molar-refractivity contribution in [3.05, 3.63) is 65.7 Å². The smallest absolute Gasteiger partial charge is 0.253 e. The molecule has 0 spiro atoms.